The van der Waals surface area contributed by atoms with Crippen molar-refractivity contribution in [2.24, 2.45) is 5.73 Å². The van der Waals surface area contributed by atoms with Crippen LogP contribution in [0.1, 0.15) is 19.8 Å². The number of carboxylic acid groups (broad SMARTS) is 1. The molecule has 1 unspecified atom stereocenters. The maximum Gasteiger partial charge on any atom is 0.320 e. The molecular weight excluding hydrogens is 244 g/mol. The number of hydrogen-bond donors (Lipinski definition) is 3. The number of halogens is 1. The smallest absolute Gasteiger partial charge is 0.320 e. The summed E-state index contributed by atoms with van der Waals surface area (Å²) in [7, 11) is -3.37. The van der Waals surface area contributed by atoms with E-state index in [9.17, 15) is 13.2 Å². The van der Waals surface area contributed by atoms with Gasteiger partial charge in [-0.25, -0.2) is 13.1 Å². The lowest BCUT2D eigenvalue weighted by atomic mass is 10.2. The largest absolute Gasteiger partial charge is 0.480 e. The zero-order valence-electron chi connectivity index (χ0n) is 8.47. The van der Waals surface area contributed by atoms with Crippen LogP contribution in [-0.4, -0.2) is 37.8 Å². The molecule has 0 aliphatic rings. The van der Waals surface area contributed by atoms with Crippen LogP contribution in [0.15, 0.2) is 0 Å². The van der Waals surface area contributed by atoms with Crippen molar-refractivity contribution in [3.8, 4) is 0 Å². The van der Waals surface area contributed by atoms with Gasteiger partial charge >= 0.3 is 5.97 Å². The van der Waals surface area contributed by atoms with Crippen LogP contribution in [0.3, 0.4) is 0 Å². The van der Waals surface area contributed by atoms with Crippen LogP contribution in [-0.2, 0) is 14.8 Å². The number of carbonyl (C=O) groups is 1. The van der Waals surface area contributed by atoms with E-state index in [1.807, 2.05) is 6.92 Å². The summed E-state index contributed by atoms with van der Waals surface area (Å²) < 4.78 is 24.6. The Bertz CT molecular complexity index is 281. The Labute approximate surface area is 95.7 Å². The van der Waals surface area contributed by atoms with Crippen molar-refractivity contribution in [2.75, 3.05) is 12.3 Å². The molecule has 0 spiro atoms. The minimum absolute atomic E-state index is 0. The highest BCUT2D eigenvalue weighted by Gasteiger charge is 2.16. The Morgan fingerprint density at radius 2 is 2.07 bits per heavy atom. The van der Waals surface area contributed by atoms with Crippen LogP contribution in [0, 0.1) is 0 Å². The molecular formula is C7H17ClN2O4S. The molecule has 0 bridgehead atoms. The number of nitrogens with one attached hydrogen (secondary N) is 1. The van der Waals surface area contributed by atoms with E-state index >= 15 is 0 Å². The highest BCUT2D eigenvalue weighted by Crippen LogP contribution is 1.94. The summed E-state index contributed by atoms with van der Waals surface area (Å²) in [6.45, 7) is 2.20. The molecule has 15 heavy (non-hydrogen) atoms. The highest BCUT2D eigenvalue weighted by molar-refractivity contribution is 7.89. The zero-order chi connectivity index (χ0) is 11.2. The van der Waals surface area contributed by atoms with Gasteiger partial charge in [0, 0.05) is 6.54 Å². The summed E-state index contributed by atoms with van der Waals surface area (Å²) >= 11 is 0. The van der Waals surface area contributed by atoms with E-state index in [4.69, 9.17) is 10.8 Å². The molecule has 6 nitrogen and oxygen atoms in total. The SMILES string of the molecule is CCCNS(=O)(=O)CCC(N)C(=O)O.Cl. The lowest BCUT2D eigenvalue weighted by Gasteiger charge is -2.07. The fraction of sp³-hybridized carbons (Fsp3) is 0.857. The molecule has 0 aliphatic heterocycles. The summed E-state index contributed by atoms with van der Waals surface area (Å²) in [5.41, 5.74) is 5.16. The number of nitrogens with two attached hydrogens (primary N) is 1. The van der Waals surface area contributed by atoms with Crippen LogP contribution in [0.25, 0.3) is 0 Å². The first kappa shape index (κ1) is 17.0. The van der Waals surface area contributed by atoms with Gasteiger partial charge in [0.25, 0.3) is 0 Å². The van der Waals surface area contributed by atoms with Crippen molar-refractivity contribution in [2.45, 2.75) is 25.8 Å². The van der Waals surface area contributed by atoms with Crippen molar-refractivity contribution in [1.29, 1.82) is 0 Å². The Morgan fingerprint density at radius 1 is 1.53 bits per heavy atom. The van der Waals surface area contributed by atoms with Crippen LogP contribution in [0.4, 0.5) is 0 Å². The molecule has 0 saturated heterocycles. The molecule has 0 heterocycles. The lowest BCUT2D eigenvalue weighted by molar-refractivity contribution is -0.138. The average Bonchev–Trinajstić information content (AvgIpc) is 2.11. The molecule has 0 radical (unpaired) electrons. The summed E-state index contributed by atoms with van der Waals surface area (Å²) in [4.78, 5) is 10.3. The second-order valence-electron chi connectivity index (χ2n) is 2.95. The molecule has 0 aromatic carbocycles. The normalized spacial score (nSPS) is 12.9. The molecule has 0 amide bonds. The average molecular weight is 261 g/mol. The molecule has 0 fully saturated rings. The van der Waals surface area contributed by atoms with Crippen LogP contribution in [0.2, 0.25) is 0 Å². The number of sulfonamides is 1. The van der Waals surface area contributed by atoms with Crippen molar-refractivity contribution in [3.05, 3.63) is 0 Å². The van der Waals surface area contributed by atoms with E-state index < -0.39 is 22.0 Å². The fourth-order valence-corrected chi connectivity index (χ4v) is 1.96. The van der Waals surface area contributed by atoms with Crippen LogP contribution < -0.4 is 10.5 Å². The topological polar surface area (TPSA) is 109 Å². The van der Waals surface area contributed by atoms with Crippen LogP contribution in [0.5, 0.6) is 0 Å². The first-order valence-corrected chi connectivity index (χ1v) is 6.00. The molecule has 0 aromatic rings. The maximum absolute atomic E-state index is 11.2. The molecule has 0 aliphatic carbocycles. The van der Waals surface area contributed by atoms with E-state index in [0.717, 1.165) is 0 Å². The number of aliphatic carboxylic acids is 1. The van der Waals surface area contributed by atoms with Gasteiger partial charge in [-0.05, 0) is 12.8 Å². The van der Waals surface area contributed by atoms with Crippen molar-refractivity contribution in [3.63, 3.8) is 0 Å². The molecule has 8 heteroatoms. The van der Waals surface area contributed by atoms with E-state index in [1.165, 1.54) is 0 Å². The van der Waals surface area contributed by atoms with Gasteiger partial charge in [-0.3, -0.25) is 4.79 Å². The number of hydrogen-bond acceptors (Lipinski definition) is 4. The first-order chi connectivity index (χ1) is 6.39. The number of carboxylic acids is 1. The van der Waals surface area contributed by atoms with Crippen molar-refractivity contribution in [1.82, 2.24) is 4.72 Å². The predicted molar refractivity (Wildman–Crippen MR) is 59.6 cm³/mol. The van der Waals surface area contributed by atoms with Crippen LogP contribution >= 0.6 is 12.4 Å². The minimum Gasteiger partial charge on any atom is -0.480 e. The van der Waals surface area contributed by atoms with E-state index in [-0.39, 0.29) is 24.6 Å². The highest BCUT2D eigenvalue weighted by atomic mass is 35.5. The third-order valence-electron chi connectivity index (χ3n) is 1.59. The molecule has 1 atom stereocenters. The van der Waals surface area contributed by atoms with Gasteiger partial charge in [-0.2, -0.15) is 0 Å². The summed E-state index contributed by atoms with van der Waals surface area (Å²) in [6.07, 6.45) is 0.624. The zero-order valence-corrected chi connectivity index (χ0v) is 10.1. The lowest BCUT2D eigenvalue weighted by Crippen LogP contribution is -2.35. The summed E-state index contributed by atoms with van der Waals surface area (Å²) in [5, 5.41) is 8.41. The summed E-state index contributed by atoms with van der Waals surface area (Å²) in [6, 6.07) is -1.12. The number of rotatable bonds is 7. The second-order valence-corrected chi connectivity index (χ2v) is 4.87. The van der Waals surface area contributed by atoms with E-state index in [2.05, 4.69) is 4.72 Å². The molecule has 92 valence electrons. The predicted octanol–water partition coefficient (Wildman–Crippen LogP) is -0.460. The standard InChI is InChI=1S/C7H16N2O4S.ClH/c1-2-4-9-14(12,13)5-3-6(8)7(10)11;/h6,9H,2-5,8H2,1H3,(H,10,11);1H. The molecule has 0 saturated carbocycles. The maximum atomic E-state index is 11.2. The van der Waals surface area contributed by atoms with E-state index in [0.29, 0.717) is 13.0 Å². The quantitative estimate of drug-likeness (QED) is 0.574. The van der Waals surface area contributed by atoms with Crippen molar-refractivity contribution >= 4 is 28.4 Å². The first-order valence-electron chi connectivity index (χ1n) is 4.34. The Hall–Kier alpha value is -0.370. The monoisotopic (exact) mass is 260 g/mol. The van der Waals surface area contributed by atoms with Gasteiger partial charge in [0.15, 0.2) is 0 Å². The minimum atomic E-state index is -3.37. The fourth-order valence-electron chi connectivity index (χ4n) is 0.735. The Kier molecular flexibility index (Phi) is 8.93. The van der Waals surface area contributed by atoms with Gasteiger partial charge < -0.3 is 10.8 Å². The molecule has 4 N–H and O–H groups in total. The molecule has 0 aromatic heterocycles. The van der Waals surface area contributed by atoms with Gasteiger partial charge in [0.1, 0.15) is 6.04 Å². The second kappa shape index (κ2) is 7.86. The third kappa shape index (κ3) is 8.61. The van der Waals surface area contributed by atoms with Gasteiger partial charge in [0.05, 0.1) is 5.75 Å². The Morgan fingerprint density at radius 3 is 2.47 bits per heavy atom. The van der Waals surface area contributed by atoms with Crippen molar-refractivity contribution < 1.29 is 18.3 Å². The van der Waals surface area contributed by atoms with Gasteiger partial charge in [0.2, 0.25) is 10.0 Å². The Balaban J connectivity index is 0. The third-order valence-corrected chi connectivity index (χ3v) is 3.00. The van der Waals surface area contributed by atoms with Gasteiger partial charge in [-0.1, -0.05) is 6.92 Å². The van der Waals surface area contributed by atoms with Gasteiger partial charge in [-0.15, -0.1) is 12.4 Å². The van der Waals surface area contributed by atoms with E-state index in [1.54, 1.807) is 0 Å². The molecule has 0 rings (SSSR count). The summed E-state index contributed by atoms with van der Waals surface area (Å²) in [5.74, 6) is -1.43.